The Morgan fingerprint density at radius 3 is 2.47 bits per heavy atom. The average molecular weight is 538 g/mol. The summed E-state index contributed by atoms with van der Waals surface area (Å²) in [5.74, 6) is -0.312. The lowest BCUT2D eigenvalue weighted by molar-refractivity contribution is -0.138. The zero-order valence-corrected chi connectivity index (χ0v) is 22.8. The number of Topliss-reactive ketones (excluding diaryl/α,β-unsaturated/α-hetero) is 1. The van der Waals surface area contributed by atoms with Gasteiger partial charge in [0.15, 0.2) is 0 Å². The first-order valence-electron chi connectivity index (χ1n) is 13.2. The highest BCUT2D eigenvalue weighted by Gasteiger charge is 2.88. The normalized spacial score (nSPS) is 27.9. The van der Waals surface area contributed by atoms with Gasteiger partial charge >= 0.3 is 12.0 Å². The minimum absolute atomic E-state index is 0.0460. The van der Waals surface area contributed by atoms with Crippen molar-refractivity contribution >= 4 is 34.5 Å². The monoisotopic (exact) mass is 537 g/mol. The van der Waals surface area contributed by atoms with E-state index in [1.165, 1.54) is 0 Å². The summed E-state index contributed by atoms with van der Waals surface area (Å²) < 4.78 is 16.0. The molecule has 8 nitrogen and oxygen atoms in total. The van der Waals surface area contributed by atoms with Gasteiger partial charge in [0, 0.05) is 24.1 Å². The van der Waals surface area contributed by atoms with E-state index in [2.05, 4.69) is 29.2 Å². The highest BCUT2D eigenvalue weighted by molar-refractivity contribution is 7.83. The molecule has 5 atom stereocenters. The van der Waals surface area contributed by atoms with E-state index in [0.717, 1.165) is 29.5 Å². The van der Waals surface area contributed by atoms with Gasteiger partial charge in [-0.3, -0.25) is 9.59 Å². The summed E-state index contributed by atoms with van der Waals surface area (Å²) in [4.78, 5) is 36.7. The van der Waals surface area contributed by atoms with Crippen molar-refractivity contribution in [1.82, 2.24) is 10.0 Å². The summed E-state index contributed by atoms with van der Waals surface area (Å²) in [5.41, 5.74) is 2.78. The second-order valence-corrected chi connectivity index (χ2v) is 12.6. The number of hydrogen-bond donors (Lipinski definition) is 4. The summed E-state index contributed by atoms with van der Waals surface area (Å²) in [5, 5.41) is 15.3. The Labute approximate surface area is 225 Å². The predicted octanol–water partition coefficient (Wildman–Crippen LogP) is 4.14. The molecule has 202 valence electrons. The first kappa shape index (κ1) is 26.6. The second kappa shape index (κ2) is 9.61. The quantitative estimate of drug-likeness (QED) is 0.363. The molecule has 3 saturated carbocycles. The molecule has 2 aromatic carbocycles. The summed E-state index contributed by atoms with van der Waals surface area (Å²) in [6, 6.07) is 13.7. The van der Waals surface area contributed by atoms with Crippen molar-refractivity contribution in [3.8, 4) is 11.1 Å². The third-order valence-electron chi connectivity index (χ3n) is 9.39. The van der Waals surface area contributed by atoms with Crippen molar-refractivity contribution in [1.29, 1.82) is 0 Å². The average Bonchev–Trinajstić information content (AvgIpc) is 3.31. The van der Waals surface area contributed by atoms with Crippen LogP contribution in [0.5, 0.6) is 0 Å². The summed E-state index contributed by atoms with van der Waals surface area (Å²) in [6.07, 6.45) is 2.47. The largest absolute Gasteiger partial charge is 0.480 e. The Balaban J connectivity index is 1.23. The second-order valence-electron chi connectivity index (χ2n) is 11.4. The van der Waals surface area contributed by atoms with Crippen LogP contribution in [0.2, 0.25) is 0 Å². The topological polar surface area (TPSA) is 125 Å². The Morgan fingerprint density at radius 2 is 1.84 bits per heavy atom. The molecule has 0 bridgehead atoms. The summed E-state index contributed by atoms with van der Waals surface area (Å²) in [6.45, 7) is 6.79. The Bertz CT molecular complexity index is 1310. The number of carbonyl (C=O) groups is 3. The molecular formula is C29H35N3O5S. The van der Waals surface area contributed by atoms with Crippen molar-refractivity contribution in [2.24, 2.45) is 22.2 Å². The van der Waals surface area contributed by atoms with Gasteiger partial charge in [0.25, 0.3) is 0 Å². The van der Waals surface area contributed by atoms with Crippen LogP contribution < -0.4 is 15.4 Å². The number of rotatable bonds is 10. The molecular weight excluding hydrogens is 502 g/mol. The lowest BCUT2D eigenvalue weighted by Gasteiger charge is -2.49. The third-order valence-corrected chi connectivity index (χ3v) is 10.7. The van der Waals surface area contributed by atoms with Crippen molar-refractivity contribution < 1.29 is 23.7 Å². The number of aliphatic carboxylic acids is 1. The fraction of sp³-hybridized carbons (Fsp3) is 0.483. The number of amides is 2. The van der Waals surface area contributed by atoms with E-state index in [-0.39, 0.29) is 34.8 Å². The highest BCUT2D eigenvalue weighted by atomic mass is 32.2. The minimum Gasteiger partial charge on any atom is -0.480 e. The maximum Gasteiger partial charge on any atom is 0.321 e. The first-order valence-corrected chi connectivity index (χ1v) is 14.5. The standard InChI is InChI=1S/C29H35N3O5S/c1-4-30-26(36)31-21-7-5-6-20(15-21)19-10-8-18(9-11-19)14-22(25(34)35)32-38(37)17-28-12-13-29(28)23(16-24(28)33)27(29,2)3/h5-11,15,22-23,32H,4,12-14,16-17H2,1-3H3,(H,34,35)(H2,30,31,36). The van der Waals surface area contributed by atoms with Gasteiger partial charge in [0.05, 0.1) is 16.7 Å². The molecule has 5 unspecified atom stereocenters. The molecule has 0 radical (unpaired) electrons. The maximum absolute atomic E-state index is 13.1. The van der Waals surface area contributed by atoms with E-state index in [1.807, 2.05) is 55.5 Å². The Morgan fingerprint density at radius 1 is 1.11 bits per heavy atom. The van der Waals surface area contributed by atoms with Gasteiger partial charge < -0.3 is 15.7 Å². The number of ketones is 1. The number of anilines is 1. The van der Waals surface area contributed by atoms with E-state index >= 15 is 0 Å². The molecule has 2 aromatic rings. The Hall–Kier alpha value is -3.04. The minimum atomic E-state index is -1.63. The van der Waals surface area contributed by atoms with Crippen LogP contribution in [0.3, 0.4) is 0 Å². The first-order chi connectivity index (χ1) is 18.0. The van der Waals surface area contributed by atoms with Crippen LogP contribution in [0.15, 0.2) is 48.5 Å². The molecule has 2 amide bonds. The fourth-order valence-electron chi connectivity index (χ4n) is 7.37. The number of carbonyl (C=O) groups excluding carboxylic acids is 2. The summed E-state index contributed by atoms with van der Waals surface area (Å²) >= 11 is 0. The van der Waals surface area contributed by atoms with E-state index in [9.17, 15) is 23.7 Å². The molecule has 0 aromatic heterocycles. The molecule has 3 aliphatic carbocycles. The van der Waals surface area contributed by atoms with Crippen LogP contribution >= 0.6 is 0 Å². The van der Waals surface area contributed by atoms with Gasteiger partial charge in [-0.1, -0.05) is 50.2 Å². The highest BCUT2D eigenvalue weighted by Crippen LogP contribution is 2.89. The SMILES string of the molecule is CCNC(=O)Nc1cccc(-c2ccc(CC(NS(=O)CC34CCC35C(CC4=O)C5(C)C)C(=O)O)cc2)c1. The van der Waals surface area contributed by atoms with Crippen LogP contribution in [0.4, 0.5) is 10.5 Å². The summed E-state index contributed by atoms with van der Waals surface area (Å²) in [7, 11) is -1.63. The van der Waals surface area contributed by atoms with Gasteiger partial charge in [-0.15, -0.1) is 0 Å². The van der Waals surface area contributed by atoms with Gasteiger partial charge in [-0.25, -0.2) is 13.7 Å². The van der Waals surface area contributed by atoms with Gasteiger partial charge in [-0.2, -0.15) is 0 Å². The zero-order valence-electron chi connectivity index (χ0n) is 22.0. The third kappa shape index (κ3) is 4.16. The fourth-order valence-corrected chi connectivity index (χ4v) is 8.97. The van der Waals surface area contributed by atoms with Crippen molar-refractivity contribution in [2.75, 3.05) is 17.6 Å². The van der Waals surface area contributed by atoms with E-state index in [4.69, 9.17) is 0 Å². The lowest BCUT2D eigenvalue weighted by atomic mass is 9.55. The van der Waals surface area contributed by atoms with Gasteiger partial charge in [-0.05, 0) is 71.8 Å². The van der Waals surface area contributed by atoms with E-state index < -0.39 is 28.4 Å². The van der Waals surface area contributed by atoms with Crippen molar-refractivity contribution in [3.63, 3.8) is 0 Å². The molecule has 3 fully saturated rings. The van der Waals surface area contributed by atoms with E-state index in [1.54, 1.807) is 0 Å². The molecule has 5 rings (SSSR count). The van der Waals surface area contributed by atoms with Crippen LogP contribution in [0.25, 0.3) is 11.1 Å². The maximum atomic E-state index is 13.1. The number of urea groups is 1. The zero-order chi connectivity index (χ0) is 27.3. The lowest BCUT2D eigenvalue weighted by Crippen LogP contribution is -2.54. The number of benzene rings is 2. The molecule has 38 heavy (non-hydrogen) atoms. The predicted molar refractivity (Wildman–Crippen MR) is 147 cm³/mol. The molecule has 1 spiro atoms. The molecule has 3 aliphatic rings. The number of nitrogens with one attached hydrogen (secondary N) is 3. The van der Waals surface area contributed by atoms with Crippen LogP contribution in [0.1, 0.15) is 45.6 Å². The Kier molecular flexibility index (Phi) is 6.72. The molecule has 4 N–H and O–H groups in total. The number of hydrogen-bond acceptors (Lipinski definition) is 4. The molecule has 0 saturated heterocycles. The van der Waals surface area contributed by atoms with Crippen LogP contribution in [-0.2, 0) is 27.0 Å². The van der Waals surface area contributed by atoms with Gasteiger partial charge in [0.2, 0.25) is 0 Å². The van der Waals surface area contributed by atoms with Crippen molar-refractivity contribution in [2.45, 2.75) is 52.5 Å². The molecule has 0 aliphatic heterocycles. The van der Waals surface area contributed by atoms with Gasteiger partial charge in [0.1, 0.15) is 11.8 Å². The molecule has 0 heterocycles. The van der Waals surface area contributed by atoms with Crippen LogP contribution in [-0.4, -0.2) is 45.4 Å². The van der Waals surface area contributed by atoms with E-state index in [0.29, 0.717) is 24.6 Å². The smallest absolute Gasteiger partial charge is 0.321 e. The number of carboxylic acid groups (broad SMARTS) is 1. The molecule has 9 heteroatoms. The van der Waals surface area contributed by atoms with Crippen molar-refractivity contribution in [3.05, 3.63) is 54.1 Å². The number of carboxylic acids is 1. The van der Waals surface area contributed by atoms with Crippen LogP contribution in [0, 0.1) is 22.2 Å².